The number of benzene rings is 2. The average Bonchev–Trinajstić information content (AvgIpc) is 3.15. The Morgan fingerprint density at radius 1 is 0.943 bits per heavy atom. The Morgan fingerprint density at radius 2 is 1.69 bits per heavy atom. The van der Waals surface area contributed by atoms with Gasteiger partial charge in [0.15, 0.2) is 0 Å². The fourth-order valence-electron chi connectivity index (χ4n) is 4.38. The molecular formula is C25H23F3N4O3. The molecule has 3 heterocycles. The Morgan fingerprint density at radius 3 is 2.40 bits per heavy atom. The summed E-state index contributed by atoms with van der Waals surface area (Å²) in [5, 5.41) is 0. The van der Waals surface area contributed by atoms with Crippen LogP contribution in [0.5, 0.6) is 5.75 Å². The van der Waals surface area contributed by atoms with Crippen molar-refractivity contribution >= 4 is 11.8 Å². The third-order valence-corrected chi connectivity index (χ3v) is 6.34. The van der Waals surface area contributed by atoms with Gasteiger partial charge in [-0.2, -0.15) is 13.2 Å². The van der Waals surface area contributed by atoms with Gasteiger partial charge in [-0.3, -0.25) is 9.59 Å². The maximum absolute atomic E-state index is 13.3. The first-order valence-electron chi connectivity index (χ1n) is 11.2. The minimum absolute atomic E-state index is 0.0303. The van der Waals surface area contributed by atoms with E-state index in [2.05, 4.69) is 4.98 Å². The zero-order chi connectivity index (χ0) is 24.7. The molecule has 10 heteroatoms. The Kier molecular flexibility index (Phi) is 5.74. The third-order valence-electron chi connectivity index (χ3n) is 6.34. The molecule has 0 radical (unpaired) electrons. The van der Waals surface area contributed by atoms with Crippen molar-refractivity contribution in [2.45, 2.75) is 32.7 Å². The van der Waals surface area contributed by atoms with Crippen molar-refractivity contribution in [2.75, 3.05) is 19.7 Å². The maximum atomic E-state index is 13.3. The lowest BCUT2D eigenvalue weighted by Crippen LogP contribution is -2.36. The Bertz CT molecular complexity index is 1280. The predicted molar refractivity (Wildman–Crippen MR) is 120 cm³/mol. The summed E-state index contributed by atoms with van der Waals surface area (Å²) in [4.78, 5) is 32.8. The average molecular weight is 484 g/mol. The molecule has 7 nitrogen and oxygen atoms in total. The van der Waals surface area contributed by atoms with Gasteiger partial charge in [-0.15, -0.1) is 0 Å². The second-order valence-electron chi connectivity index (χ2n) is 8.65. The lowest BCUT2D eigenvalue weighted by atomic mass is 10.0. The number of nitrogens with zero attached hydrogens (tertiary/aromatic N) is 4. The molecule has 0 aliphatic carbocycles. The number of fused-ring (bicyclic) bond motifs is 2. The summed E-state index contributed by atoms with van der Waals surface area (Å²) in [6.07, 6.45) is -2.67. The van der Waals surface area contributed by atoms with Gasteiger partial charge in [0.25, 0.3) is 5.91 Å². The molecule has 2 aliphatic rings. The van der Waals surface area contributed by atoms with Crippen molar-refractivity contribution in [2.24, 2.45) is 0 Å². The number of ether oxygens (including phenoxy) is 1. The number of hydrogen-bond acceptors (Lipinski definition) is 4. The van der Waals surface area contributed by atoms with Crippen LogP contribution in [-0.4, -0.2) is 50.9 Å². The highest BCUT2D eigenvalue weighted by molar-refractivity contribution is 5.92. The van der Waals surface area contributed by atoms with E-state index >= 15 is 0 Å². The molecule has 0 bridgehead atoms. The summed E-state index contributed by atoms with van der Waals surface area (Å²) in [6.45, 7) is 3.99. The van der Waals surface area contributed by atoms with Gasteiger partial charge >= 0.3 is 6.18 Å². The lowest BCUT2D eigenvalue weighted by molar-refractivity contribution is -0.137. The number of alkyl halides is 3. The minimum Gasteiger partial charge on any atom is -0.491 e. The summed E-state index contributed by atoms with van der Waals surface area (Å²) in [7, 11) is 0. The number of carbonyl (C=O) groups is 2. The van der Waals surface area contributed by atoms with E-state index < -0.39 is 11.7 Å². The molecule has 35 heavy (non-hydrogen) atoms. The van der Waals surface area contributed by atoms with Crippen LogP contribution in [0.25, 0.3) is 11.1 Å². The van der Waals surface area contributed by atoms with Crippen LogP contribution < -0.4 is 4.74 Å². The molecule has 1 aromatic heterocycles. The number of amides is 2. The summed E-state index contributed by atoms with van der Waals surface area (Å²) in [5.74, 6) is 1.04. The van der Waals surface area contributed by atoms with Crippen LogP contribution in [-0.2, 0) is 30.6 Å². The second-order valence-corrected chi connectivity index (χ2v) is 8.65. The predicted octanol–water partition coefficient (Wildman–Crippen LogP) is 3.97. The lowest BCUT2D eigenvalue weighted by Gasteiger charge is -2.26. The summed E-state index contributed by atoms with van der Waals surface area (Å²) >= 11 is 0. The van der Waals surface area contributed by atoms with Crippen molar-refractivity contribution in [1.82, 2.24) is 19.4 Å². The number of rotatable bonds is 2. The highest BCUT2D eigenvalue weighted by Crippen LogP contribution is 2.33. The molecule has 2 aliphatic heterocycles. The van der Waals surface area contributed by atoms with Gasteiger partial charge < -0.3 is 19.1 Å². The maximum Gasteiger partial charge on any atom is 0.416 e. The molecule has 0 unspecified atom stereocenters. The molecule has 0 fully saturated rings. The Labute approximate surface area is 199 Å². The van der Waals surface area contributed by atoms with E-state index in [0.717, 1.165) is 23.3 Å². The van der Waals surface area contributed by atoms with Crippen LogP contribution in [0, 0.1) is 0 Å². The summed E-state index contributed by atoms with van der Waals surface area (Å²) in [5.41, 5.74) is 1.75. The Hall–Kier alpha value is -3.82. The van der Waals surface area contributed by atoms with Crippen molar-refractivity contribution in [3.05, 3.63) is 71.3 Å². The first-order chi connectivity index (χ1) is 16.7. The second kappa shape index (κ2) is 8.75. The van der Waals surface area contributed by atoms with Gasteiger partial charge in [-0.25, -0.2) is 4.98 Å². The molecule has 0 spiro atoms. The molecule has 0 N–H and O–H groups in total. The largest absolute Gasteiger partial charge is 0.491 e. The quantitative estimate of drug-likeness (QED) is 0.552. The van der Waals surface area contributed by atoms with E-state index in [1.807, 2.05) is 10.6 Å². The van der Waals surface area contributed by atoms with Gasteiger partial charge in [-0.1, -0.05) is 18.2 Å². The van der Waals surface area contributed by atoms with Crippen molar-refractivity contribution < 1.29 is 27.5 Å². The van der Waals surface area contributed by atoms with Gasteiger partial charge in [-0.05, 0) is 35.4 Å². The number of hydrogen-bond donors (Lipinski definition) is 0. The number of imidazole rings is 1. The molecule has 2 aromatic carbocycles. The molecular weight excluding hydrogens is 461 g/mol. The van der Waals surface area contributed by atoms with Crippen LogP contribution in [0.15, 0.2) is 48.7 Å². The van der Waals surface area contributed by atoms with Gasteiger partial charge in [0.05, 0.1) is 18.7 Å². The van der Waals surface area contributed by atoms with Crippen LogP contribution in [0.3, 0.4) is 0 Å². The van der Waals surface area contributed by atoms with Gasteiger partial charge in [0, 0.05) is 38.3 Å². The van der Waals surface area contributed by atoms with Crippen LogP contribution in [0.4, 0.5) is 13.2 Å². The normalized spacial score (nSPS) is 15.7. The highest BCUT2D eigenvalue weighted by Gasteiger charge is 2.30. The molecule has 3 aromatic rings. The monoisotopic (exact) mass is 484 g/mol. The van der Waals surface area contributed by atoms with Crippen LogP contribution >= 0.6 is 0 Å². The summed E-state index contributed by atoms with van der Waals surface area (Å²) < 4.78 is 46.4. The first-order valence-corrected chi connectivity index (χ1v) is 11.2. The van der Waals surface area contributed by atoms with E-state index in [0.29, 0.717) is 55.6 Å². The van der Waals surface area contributed by atoms with Crippen molar-refractivity contribution in [3.8, 4) is 16.9 Å². The zero-order valence-corrected chi connectivity index (χ0v) is 19.0. The van der Waals surface area contributed by atoms with Crippen LogP contribution in [0.1, 0.15) is 34.4 Å². The van der Waals surface area contributed by atoms with Crippen LogP contribution in [0.2, 0.25) is 0 Å². The summed E-state index contributed by atoms with van der Waals surface area (Å²) in [6, 6.07) is 10.4. The third kappa shape index (κ3) is 4.60. The van der Waals surface area contributed by atoms with E-state index in [1.165, 1.54) is 19.1 Å². The van der Waals surface area contributed by atoms with E-state index in [-0.39, 0.29) is 18.4 Å². The highest BCUT2D eigenvalue weighted by atomic mass is 19.4. The molecule has 2 amide bonds. The minimum atomic E-state index is -4.39. The molecule has 182 valence electrons. The SMILES string of the molecule is CC(=O)N1CCn2cc(C(=O)N3CCOc4ccc(-c5ccc(C(F)(F)F)cc5)cc4C3)nc2C1. The molecule has 0 saturated carbocycles. The molecule has 0 atom stereocenters. The van der Waals surface area contributed by atoms with E-state index in [9.17, 15) is 22.8 Å². The first kappa shape index (κ1) is 22.9. The topological polar surface area (TPSA) is 67.7 Å². The van der Waals surface area contributed by atoms with E-state index in [1.54, 1.807) is 28.1 Å². The van der Waals surface area contributed by atoms with Gasteiger partial charge in [0.2, 0.25) is 5.91 Å². The zero-order valence-electron chi connectivity index (χ0n) is 19.0. The fourth-order valence-corrected chi connectivity index (χ4v) is 4.38. The standard InChI is InChI=1S/C25H23F3N4O3/c1-16(33)30-8-9-31-14-21(29-23(31)15-30)24(34)32-10-11-35-22-7-4-18(12-19(22)13-32)17-2-5-20(6-3-17)25(26,27)28/h2-7,12,14H,8-11,13,15H2,1H3. The van der Waals surface area contributed by atoms with E-state index in [4.69, 9.17) is 4.74 Å². The fraction of sp³-hybridized carbons (Fsp3) is 0.320. The molecule has 5 rings (SSSR count). The molecule has 0 saturated heterocycles. The number of carbonyl (C=O) groups excluding carboxylic acids is 2. The number of halogens is 3. The smallest absolute Gasteiger partial charge is 0.416 e. The van der Waals surface area contributed by atoms with Crippen molar-refractivity contribution in [3.63, 3.8) is 0 Å². The number of aromatic nitrogens is 2. The van der Waals surface area contributed by atoms with Crippen molar-refractivity contribution in [1.29, 1.82) is 0 Å². The Balaban J connectivity index is 1.37. The van der Waals surface area contributed by atoms with Gasteiger partial charge in [0.1, 0.15) is 23.9 Å².